The summed E-state index contributed by atoms with van der Waals surface area (Å²) in [6.07, 6.45) is -0.889. The third-order valence-corrected chi connectivity index (χ3v) is 5.09. The van der Waals surface area contributed by atoms with Crippen LogP contribution >= 0.6 is 11.3 Å². The SMILES string of the molecule is CO[C@H](C)[C@H](NS(=O)(=O)c1sccc1F)C(=O)O. The number of aliphatic carboxylic acids is 1. The maximum atomic E-state index is 13.2. The van der Waals surface area contributed by atoms with E-state index in [-0.39, 0.29) is 0 Å². The summed E-state index contributed by atoms with van der Waals surface area (Å²) in [4.78, 5) is 10.9. The van der Waals surface area contributed by atoms with Gasteiger partial charge >= 0.3 is 5.97 Å². The van der Waals surface area contributed by atoms with Gasteiger partial charge in [-0.1, -0.05) is 0 Å². The van der Waals surface area contributed by atoms with Gasteiger partial charge in [-0.2, -0.15) is 4.72 Å². The molecular weight excluding hydrogens is 285 g/mol. The molecular formula is C9H12FNO5S2. The summed E-state index contributed by atoms with van der Waals surface area (Å²) in [6.45, 7) is 1.39. The van der Waals surface area contributed by atoms with Gasteiger partial charge in [-0.25, -0.2) is 12.8 Å². The quantitative estimate of drug-likeness (QED) is 0.804. The molecule has 1 aromatic heterocycles. The minimum atomic E-state index is -4.21. The third kappa shape index (κ3) is 3.25. The number of carbonyl (C=O) groups is 1. The van der Waals surface area contributed by atoms with Gasteiger partial charge in [0.15, 0.2) is 10.0 Å². The molecule has 0 amide bonds. The van der Waals surface area contributed by atoms with Crippen LogP contribution in [0.15, 0.2) is 15.7 Å². The molecule has 0 aliphatic carbocycles. The van der Waals surface area contributed by atoms with Crippen molar-refractivity contribution in [3.8, 4) is 0 Å². The maximum absolute atomic E-state index is 13.2. The zero-order chi connectivity index (χ0) is 13.9. The summed E-state index contributed by atoms with van der Waals surface area (Å²) in [5, 5.41) is 10.2. The highest BCUT2D eigenvalue weighted by molar-refractivity contribution is 7.91. The second kappa shape index (κ2) is 5.74. The molecule has 0 aromatic carbocycles. The number of hydrogen-bond acceptors (Lipinski definition) is 5. The van der Waals surface area contributed by atoms with E-state index in [1.165, 1.54) is 19.4 Å². The Balaban J connectivity index is 3.01. The molecule has 0 spiro atoms. The Morgan fingerprint density at radius 3 is 2.61 bits per heavy atom. The molecule has 9 heteroatoms. The molecule has 0 radical (unpaired) electrons. The number of thiophene rings is 1. The van der Waals surface area contributed by atoms with E-state index in [0.717, 1.165) is 6.07 Å². The Morgan fingerprint density at radius 2 is 2.22 bits per heavy atom. The zero-order valence-corrected chi connectivity index (χ0v) is 11.2. The number of carboxylic acid groups (broad SMARTS) is 1. The predicted molar refractivity (Wildman–Crippen MR) is 62.5 cm³/mol. The van der Waals surface area contributed by atoms with E-state index in [2.05, 4.69) is 0 Å². The van der Waals surface area contributed by atoms with Crippen LogP contribution in [-0.4, -0.2) is 38.7 Å². The van der Waals surface area contributed by atoms with Crippen LogP contribution in [0.4, 0.5) is 4.39 Å². The standard InChI is InChI=1S/C9H12FNO5S2/c1-5(16-2)7(8(12)13)11-18(14,15)9-6(10)3-4-17-9/h3-5,7,11H,1-2H3,(H,12,13)/t5-,7+/m1/s1. The first-order valence-corrected chi connectivity index (χ1v) is 7.16. The Bertz CT molecular complexity index is 527. The van der Waals surface area contributed by atoms with Crippen molar-refractivity contribution in [1.29, 1.82) is 0 Å². The minimum absolute atomic E-state index is 0.544. The number of ether oxygens (including phenoxy) is 1. The number of nitrogens with one attached hydrogen (secondary N) is 1. The lowest BCUT2D eigenvalue weighted by molar-refractivity contribution is -0.142. The van der Waals surface area contributed by atoms with E-state index >= 15 is 0 Å². The largest absolute Gasteiger partial charge is 0.480 e. The Labute approximate surface area is 107 Å². The first-order valence-electron chi connectivity index (χ1n) is 4.80. The van der Waals surface area contributed by atoms with Gasteiger partial charge in [0, 0.05) is 7.11 Å². The molecule has 1 aromatic rings. The first-order chi connectivity index (χ1) is 8.29. The van der Waals surface area contributed by atoms with Gasteiger partial charge in [-0.05, 0) is 18.4 Å². The number of sulfonamides is 1. The fraction of sp³-hybridized carbons (Fsp3) is 0.444. The van der Waals surface area contributed by atoms with Crippen LogP contribution in [0.3, 0.4) is 0 Å². The highest BCUT2D eigenvalue weighted by Gasteiger charge is 2.32. The summed E-state index contributed by atoms with van der Waals surface area (Å²) < 4.78 is 42.9. The fourth-order valence-electron chi connectivity index (χ4n) is 1.18. The van der Waals surface area contributed by atoms with E-state index in [1.807, 2.05) is 4.72 Å². The van der Waals surface area contributed by atoms with Crippen molar-refractivity contribution in [1.82, 2.24) is 4.72 Å². The van der Waals surface area contributed by atoms with E-state index in [0.29, 0.717) is 11.3 Å². The van der Waals surface area contributed by atoms with Crippen LogP contribution in [0, 0.1) is 5.82 Å². The van der Waals surface area contributed by atoms with Gasteiger partial charge in [-0.3, -0.25) is 4.79 Å². The molecule has 1 heterocycles. The topological polar surface area (TPSA) is 92.7 Å². The third-order valence-electron chi connectivity index (χ3n) is 2.22. The average molecular weight is 297 g/mol. The predicted octanol–water partition coefficient (Wildman–Crippen LogP) is 0.654. The fourth-order valence-corrected chi connectivity index (χ4v) is 3.54. The van der Waals surface area contributed by atoms with Gasteiger partial charge in [0.1, 0.15) is 6.04 Å². The van der Waals surface area contributed by atoms with Crippen molar-refractivity contribution in [2.24, 2.45) is 0 Å². The second-order valence-electron chi connectivity index (χ2n) is 3.43. The molecule has 18 heavy (non-hydrogen) atoms. The molecule has 0 aliphatic rings. The summed E-state index contributed by atoms with van der Waals surface area (Å²) in [5.74, 6) is -2.31. The van der Waals surface area contributed by atoms with Crippen LogP contribution in [0.25, 0.3) is 0 Å². The lowest BCUT2D eigenvalue weighted by atomic mass is 10.2. The van der Waals surface area contributed by atoms with Gasteiger partial charge < -0.3 is 9.84 Å². The molecule has 0 aliphatic heterocycles. The molecule has 0 saturated heterocycles. The second-order valence-corrected chi connectivity index (χ2v) is 6.26. The Kier molecular flexibility index (Phi) is 4.79. The van der Waals surface area contributed by atoms with Crippen molar-refractivity contribution in [3.05, 3.63) is 17.3 Å². The van der Waals surface area contributed by atoms with E-state index in [4.69, 9.17) is 9.84 Å². The van der Waals surface area contributed by atoms with Crippen molar-refractivity contribution < 1.29 is 27.4 Å². The van der Waals surface area contributed by atoms with Gasteiger partial charge in [0.2, 0.25) is 0 Å². The molecule has 102 valence electrons. The van der Waals surface area contributed by atoms with Crippen LogP contribution in [0.2, 0.25) is 0 Å². The van der Waals surface area contributed by atoms with Crippen molar-refractivity contribution in [2.75, 3.05) is 7.11 Å². The van der Waals surface area contributed by atoms with Gasteiger partial charge in [0.25, 0.3) is 10.0 Å². The lowest BCUT2D eigenvalue weighted by Gasteiger charge is -2.19. The van der Waals surface area contributed by atoms with Crippen molar-refractivity contribution >= 4 is 27.3 Å². The number of hydrogen-bond donors (Lipinski definition) is 2. The molecule has 2 N–H and O–H groups in total. The van der Waals surface area contributed by atoms with Gasteiger partial charge in [-0.15, -0.1) is 11.3 Å². The summed E-state index contributed by atoms with van der Waals surface area (Å²) in [6, 6.07) is -0.490. The van der Waals surface area contributed by atoms with Gasteiger partial charge in [0.05, 0.1) is 6.10 Å². The van der Waals surface area contributed by atoms with Crippen LogP contribution < -0.4 is 4.72 Å². The number of methoxy groups -OCH3 is 1. The van der Waals surface area contributed by atoms with E-state index in [9.17, 15) is 17.6 Å². The number of halogens is 1. The maximum Gasteiger partial charge on any atom is 0.324 e. The van der Waals surface area contributed by atoms with Crippen LogP contribution in [-0.2, 0) is 19.6 Å². The summed E-state index contributed by atoms with van der Waals surface area (Å²) in [5.41, 5.74) is 0. The summed E-state index contributed by atoms with van der Waals surface area (Å²) in [7, 11) is -2.96. The lowest BCUT2D eigenvalue weighted by Crippen LogP contribution is -2.48. The molecule has 1 rings (SSSR count). The zero-order valence-electron chi connectivity index (χ0n) is 9.58. The normalized spacial score (nSPS) is 15.3. The highest BCUT2D eigenvalue weighted by atomic mass is 32.2. The van der Waals surface area contributed by atoms with E-state index in [1.54, 1.807) is 0 Å². The average Bonchev–Trinajstić information content (AvgIpc) is 2.72. The molecule has 0 fully saturated rings. The van der Waals surface area contributed by atoms with Crippen LogP contribution in [0.1, 0.15) is 6.92 Å². The van der Waals surface area contributed by atoms with Crippen LogP contribution in [0.5, 0.6) is 0 Å². The smallest absolute Gasteiger partial charge is 0.324 e. The Hall–Kier alpha value is -1.03. The summed E-state index contributed by atoms with van der Waals surface area (Å²) >= 11 is 0.670. The molecule has 0 bridgehead atoms. The number of carboxylic acids is 1. The minimum Gasteiger partial charge on any atom is -0.480 e. The molecule has 0 unspecified atom stereocenters. The van der Waals surface area contributed by atoms with Crippen molar-refractivity contribution in [2.45, 2.75) is 23.3 Å². The molecule has 6 nitrogen and oxygen atoms in total. The number of rotatable bonds is 6. The van der Waals surface area contributed by atoms with Crippen molar-refractivity contribution in [3.63, 3.8) is 0 Å². The Morgan fingerprint density at radius 1 is 1.61 bits per heavy atom. The molecule has 2 atom stereocenters. The first kappa shape index (κ1) is 15.0. The van der Waals surface area contributed by atoms with E-state index < -0.39 is 38.2 Å². The molecule has 0 saturated carbocycles. The monoisotopic (exact) mass is 297 g/mol. The highest BCUT2D eigenvalue weighted by Crippen LogP contribution is 2.21.